The van der Waals surface area contributed by atoms with E-state index < -0.39 is 0 Å². The van der Waals surface area contributed by atoms with Crippen LogP contribution in [0, 0.1) is 0 Å². The van der Waals surface area contributed by atoms with Gasteiger partial charge in [-0.25, -0.2) is 0 Å². The summed E-state index contributed by atoms with van der Waals surface area (Å²) in [6, 6.07) is 16.7. The Morgan fingerprint density at radius 2 is 1.62 bits per heavy atom. The molecule has 1 heterocycles. The number of benzene rings is 2. The van der Waals surface area contributed by atoms with Gasteiger partial charge in [0.15, 0.2) is 5.76 Å². The first-order chi connectivity index (χ1) is 12.7. The third-order valence-corrected chi connectivity index (χ3v) is 3.47. The predicted octanol–water partition coefficient (Wildman–Crippen LogP) is 3.31. The van der Waals surface area contributed by atoms with Gasteiger partial charge in [-0.15, -0.1) is 0 Å². The molecule has 3 rings (SSSR count). The van der Waals surface area contributed by atoms with Gasteiger partial charge >= 0.3 is 0 Å². The fourth-order valence-electron chi connectivity index (χ4n) is 2.06. The molecule has 1 aromatic heterocycles. The summed E-state index contributed by atoms with van der Waals surface area (Å²) in [7, 11) is 3.24. The number of rotatable bonds is 5. The topological polar surface area (TPSA) is 103 Å². The van der Waals surface area contributed by atoms with Gasteiger partial charge in [-0.1, -0.05) is 10.3 Å². The summed E-state index contributed by atoms with van der Waals surface area (Å²) in [5.41, 5.74) is 8.05. The maximum Gasteiger partial charge on any atom is 0.150 e. The van der Waals surface area contributed by atoms with Crippen molar-refractivity contribution < 1.29 is 19.2 Å². The predicted molar refractivity (Wildman–Crippen MR) is 98.8 cm³/mol. The zero-order chi connectivity index (χ0) is 18.8. The van der Waals surface area contributed by atoms with Crippen LogP contribution in [-0.4, -0.2) is 30.8 Å². The van der Waals surface area contributed by atoms with Gasteiger partial charge < -0.3 is 24.9 Å². The lowest BCUT2D eigenvalue weighted by molar-refractivity contribution is 0.322. The lowest BCUT2D eigenvalue weighted by Gasteiger charge is -1.99. The number of hydrogen-bond donors (Lipinski definition) is 2. The van der Waals surface area contributed by atoms with E-state index in [1.54, 1.807) is 38.5 Å². The molecule has 7 nitrogen and oxygen atoms in total. The molecule has 0 unspecified atom stereocenters. The van der Waals surface area contributed by atoms with Crippen LogP contribution in [0.1, 0.15) is 11.3 Å². The van der Waals surface area contributed by atoms with Gasteiger partial charge in [0, 0.05) is 11.6 Å². The van der Waals surface area contributed by atoms with Gasteiger partial charge in [-0.2, -0.15) is 0 Å². The van der Waals surface area contributed by atoms with E-state index in [1.165, 1.54) is 6.21 Å². The summed E-state index contributed by atoms with van der Waals surface area (Å²) in [6.45, 7) is 0.364. The molecule has 0 atom stereocenters. The van der Waals surface area contributed by atoms with Crippen LogP contribution in [0.3, 0.4) is 0 Å². The van der Waals surface area contributed by atoms with Crippen LogP contribution in [0.5, 0.6) is 11.5 Å². The van der Waals surface area contributed by atoms with Crippen LogP contribution in [0.4, 0.5) is 0 Å². The molecule has 0 amide bonds. The van der Waals surface area contributed by atoms with Gasteiger partial charge in [-0.3, -0.25) is 0 Å². The van der Waals surface area contributed by atoms with Crippen molar-refractivity contribution in [2.45, 2.75) is 6.54 Å². The molecule has 0 spiro atoms. The van der Waals surface area contributed by atoms with Crippen LogP contribution < -0.4 is 15.2 Å². The smallest absolute Gasteiger partial charge is 0.150 e. The molecule has 0 radical (unpaired) electrons. The van der Waals surface area contributed by atoms with Crippen LogP contribution in [-0.2, 0) is 6.54 Å². The molecule has 136 valence electrons. The fourth-order valence-corrected chi connectivity index (χ4v) is 2.06. The second kappa shape index (κ2) is 9.85. The third kappa shape index (κ3) is 5.35. The molecular formula is C19H21N3O4. The Kier molecular flexibility index (Phi) is 7.20. The maximum atomic E-state index is 8.18. The molecule has 3 aromatic rings. The minimum Gasteiger partial charge on any atom is -0.497 e. The van der Waals surface area contributed by atoms with E-state index in [1.807, 2.05) is 30.3 Å². The first kappa shape index (κ1) is 19.0. The van der Waals surface area contributed by atoms with E-state index >= 15 is 0 Å². The van der Waals surface area contributed by atoms with E-state index in [9.17, 15) is 0 Å². The quantitative estimate of drug-likeness (QED) is 0.413. The summed E-state index contributed by atoms with van der Waals surface area (Å²) >= 11 is 0. The molecule has 2 aromatic carbocycles. The molecule has 0 saturated carbocycles. The largest absolute Gasteiger partial charge is 0.497 e. The van der Waals surface area contributed by atoms with Crippen molar-refractivity contribution >= 4 is 6.21 Å². The Morgan fingerprint density at radius 3 is 2.08 bits per heavy atom. The summed E-state index contributed by atoms with van der Waals surface area (Å²) in [6.07, 6.45) is 1.36. The highest BCUT2D eigenvalue weighted by atomic mass is 16.5. The summed E-state index contributed by atoms with van der Waals surface area (Å²) < 4.78 is 15.0. The summed E-state index contributed by atoms with van der Waals surface area (Å²) in [5, 5.41) is 15.0. The highest BCUT2D eigenvalue weighted by molar-refractivity contribution is 5.79. The molecule has 0 saturated heterocycles. The number of nitrogens with zero attached hydrogens (tertiary/aromatic N) is 2. The molecule has 0 fully saturated rings. The molecule has 0 aliphatic rings. The summed E-state index contributed by atoms with van der Waals surface area (Å²) in [4.78, 5) is 0. The van der Waals surface area contributed by atoms with E-state index in [0.717, 1.165) is 28.3 Å². The molecule has 0 bridgehead atoms. The zero-order valence-electron chi connectivity index (χ0n) is 14.6. The van der Waals surface area contributed by atoms with Gasteiger partial charge in [0.05, 0.1) is 27.0 Å². The Morgan fingerprint density at radius 1 is 1.04 bits per heavy atom. The van der Waals surface area contributed by atoms with Crippen LogP contribution in [0.25, 0.3) is 11.3 Å². The zero-order valence-corrected chi connectivity index (χ0v) is 14.6. The molecule has 3 N–H and O–H groups in total. The second-order valence-corrected chi connectivity index (χ2v) is 5.13. The Labute approximate surface area is 151 Å². The Hall–Kier alpha value is -3.32. The molecule has 26 heavy (non-hydrogen) atoms. The number of aromatic nitrogens is 1. The first-order valence-corrected chi connectivity index (χ1v) is 7.81. The van der Waals surface area contributed by atoms with Crippen molar-refractivity contribution in [3.63, 3.8) is 0 Å². The molecule has 0 aliphatic heterocycles. The summed E-state index contributed by atoms with van der Waals surface area (Å²) in [5.74, 6) is 2.29. The first-order valence-electron chi connectivity index (χ1n) is 7.81. The molecule has 7 heteroatoms. The van der Waals surface area contributed by atoms with E-state index in [-0.39, 0.29) is 0 Å². The highest BCUT2D eigenvalue weighted by Gasteiger charge is 2.04. The number of oxime groups is 1. The van der Waals surface area contributed by atoms with Crippen molar-refractivity contribution in [2.24, 2.45) is 10.9 Å². The minimum absolute atomic E-state index is 0.364. The second-order valence-electron chi connectivity index (χ2n) is 5.13. The average Bonchev–Trinajstić information content (AvgIpc) is 3.19. The van der Waals surface area contributed by atoms with Gasteiger partial charge in [0.25, 0.3) is 0 Å². The monoisotopic (exact) mass is 355 g/mol. The van der Waals surface area contributed by atoms with E-state index in [4.69, 9.17) is 24.9 Å². The average molecular weight is 355 g/mol. The number of hydrogen-bond acceptors (Lipinski definition) is 7. The number of nitrogens with two attached hydrogens (primary N) is 1. The number of ether oxygens (including phenoxy) is 2. The molecular weight excluding hydrogens is 334 g/mol. The van der Waals surface area contributed by atoms with Gasteiger partial charge in [0.1, 0.15) is 17.2 Å². The van der Waals surface area contributed by atoms with Crippen molar-refractivity contribution in [1.82, 2.24) is 5.16 Å². The minimum atomic E-state index is 0.364. The van der Waals surface area contributed by atoms with Crippen molar-refractivity contribution in [3.05, 3.63) is 65.9 Å². The number of methoxy groups -OCH3 is 2. The van der Waals surface area contributed by atoms with Gasteiger partial charge in [-0.05, 0) is 54.1 Å². The Balaban J connectivity index is 0.000000197. The normalized spacial score (nSPS) is 10.3. The SMILES string of the molecule is COc1ccc(-c2cc(CN)on2)cc1.COc1ccc(C=NO)cc1. The van der Waals surface area contributed by atoms with Crippen molar-refractivity contribution in [2.75, 3.05) is 14.2 Å². The maximum absolute atomic E-state index is 8.18. The van der Waals surface area contributed by atoms with E-state index in [2.05, 4.69) is 10.3 Å². The molecule has 0 aliphatic carbocycles. The lowest BCUT2D eigenvalue weighted by atomic mass is 10.1. The van der Waals surface area contributed by atoms with Crippen LogP contribution in [0.15, 0.2) is 64.3 Å². The van der Waals surface area contributed by atoms with Crippen LogP contribution in [0.2, 0.25) is 0 Å². The third-order valence-electron chi connectivity index (χ3n) is 3.47. The Bertz CT molecular complexity index is 812. The highest BCUT2D eigenvalue weighted by Crippen LogP contribution is 2.21. The van der Waals surface area contributed by atoms with Crippen molar-refractivity contribution in [1.29, 1.82) is 0 Å². The van der Waals surface area contributed by atoms with Crippen LogP contribution >= 0.6 is 0 Å². The van der Waals surface area contributed by atoms with E-state index in [0.29, 0.717) is 12.3 Å². The lowest BCUT2D eigenvalue weighted by Crippen LogP contribution is -1.92. The van der Waals surface area contributed by atoms with Gasteiger partial charge in [0.2, 0.25) is 0 Å². The van der Waals surface area contributed by atoms with Crippen molar-refractivity contribution in [3.8, 4) is 22.8 Å². The standard InChI is InChI=1S/C11H12N2O2.C8H9NO2/c1-14-9-4-2-8(3-5-9)11-6-10(7-12)15-13-11;1-11-8-4-2-7(3-5-8)6-9-10/h2-6H,7,12H2,1H3;2-6,10H,1H3. The fraction of sp³-hybridized carbons (Fsp3) is 0.158.